The predicted octanol–water partition coefficient (Wildman–Crippen LogP) is 0.155. The molecular formula is C11H13NO6. The van der Waals surface area contributed by atoms with Crippen molar-refractivity contribution in [3.05, 3.63) is 11.1 Å². The van der Waals surface area contributed by atoms with Gasteiger partial charge in [0.15, 0.2) is 5.60 Å². The zero-order valence-electron chi connectivity index (χ0n) is 10.1. The first kappa shape index (κ1) is 12.4. The molecule has 98 valence electrons. The van der Waals surface area contributed by atoms with Crippen LogP contribution in [0.5, 0.6) is 0 Å². The zero-order valence-corrected chi connectivity index (χ0v) is 10.1. The molecule has 0 aromatic heterocycles. The van der Waals surface area contributed by atoms with Crippen LogP contribution in [0.1, 0.15) is 13.3 Å². The van der Waals surface area contributed by atoms with E-state index in [0.717, 1.165) is 4.90 Å². The minimum absolute atomic E-state index is 0.0319. The van der Waals surface area contributed by atoms with Gasteiger partial charge in [-0.05, 0) is 6.92 Å². The molecule has 0 aliphatic carbocycles. The molecule has 1 fully saturated rings. The van der Waals surface area contributed by atoms with Gasteiger partial charge in [-0.1, -0.05) is 0 Å². The van der Waals surface area contributed by atoms with Crippen molar-refractivity contribution in [3.8, 4) is 0 Å². The topological polar surface area (TPSA) is 93.1 Å². The quantitative estimate of drug-likeness (QED) is 0.670. The van der Waals surface area contributed by atoms with Crippen molar-refractivity contribution in [1.29, 1.82) is 0 Å². The van der Waals surface area contributed by atoms with Gasteiger partial charge in [0.1, 0.15) is 0 Å². The number of ether oxygens (including phenoxy) is 2. The molecule has 0 bridgehead atoms. The monoisotopic (exact) mass is 255 g/mol. The van der Waals surface area contributed by atoms with Crippen LogP contribution < -0.4 is 0 Å². The smallest absolute Gasteiger partial charge is 0.407 e. The molecule has 2 rings (SSSR count). The maximum atomic E-state index is 11.7. The van der Waals surface area contributed by atoms with Gasteiger partial charge >= 0.3 is 18.0 Å². The number of hydrogen-bond donors (Lipinski definition) is 1. The molecule has 1 amide bonds. The van der Waals surface area contributed by atoms with Crippen molar-refractivity contribution in [1.82, 2.24) is 4.90 Å². The van der Waals surface area contributed by atoms with Crippen LogP contribution in [0.15, 0.2) is 11.1 Å². The van der Waals surface area contributed by atoms with E-state index in [4.69, 9.17) is 9.84 Å². The number of amides is 1. The summed E-state index contributed by atoms with van der Waals surface area (Å²) in [5.74, 6) is -1.24. The van der Waals surface area contributed by atoms with Crippen molar-refractivity contribution in [3.63, 3.8) is 0 Å². The Balaban J connectivity index is 2.37. The van der Waals surface area contributed by atoms with Crippen LogP contribution in [0, 0.1) is 0 Å². The minimum atomic E-state index is -1.17. The van der Waals surface area contributed by atoms with Crippen molar-refractivity contribution in [2.45, 2.75) is 18.9 Å². The molecule has 1 unspecified atom stereocenters. The Morgan fingerprint density at radius 2 is 2.17 bits per heavy atom. The van der Waals surface area contributed by atoms with Gasteiger partial charge in [-0.15, -0.1) is 0 Å². The lowest BCUT2D eigenvalue weighted by Gasteiger charge is -2.24. The third-order valence-corrected chi connectivity index (χ3v) is 3.32. The summed E-state index contributed by atoms with van der Waals surface area (Å²) in [6.07, 6.45) is -0.830. The maximum absolute atomic E-state index is 11.7. The summed E-state index contributed by atoms with van der Waals surface area (Å²) in [6, 6.07) is 0. The lowest BCUT2D eigenvalue weighted by Crippen LogP contribution is -2.40. The van der Waals surface area contributed by atoms with E-state index in [1.807, 2.05) is 0 Å². The van der Waals surface area contributed by atoms with E-state index in [9.17, 15) is 14.4 Å². The van der Waals surface area contributed by atoms with Gasteiger partial charge in [0, 0.05) is 18.5 Å². The average Bonchev–Trinajstić information content (AvgIpc) is 2.83. The second-order valence-electron chi connectivity index (χ2n) is 4.33. The highest BCUT2D eigenvalue weighted by Gasteiger charge is 2.54. The molecule has 1 atom stereocenters. The number of nitrogens with zero attached hydrogens (tertiary/aromatic N) is 1. The zero-order chi connectivity index (χ0) is 13.5. The van der Waals surface area contributed by atoms with Crippen molar-refractivity contribution in [2.75, 3.05) is 20.2 Å². The summed E-state index contributed by atoms with van der Waals surface area (Å²) >= 11 is 0. The second-order valence-corrected chi connectivity index (χ2v) is 4.33. The van der Waals surface area contributed by atoms with E-state index < -0.39 is 23.6 Å². The van der Waals surface area contributed by atoms with Crippen LogP contribution in [-0.4, -0.2) is 53.8 Å². The van der Waals surface area contributed by atoms with Crippen LogP contribution in [0.25, 0.3) is 0 Å². The number of methoxy groups -OCH3 is 1. The van der Waals surface area contributed by atoms with Crippen molar-refractivity contribution >= 4 is 18.0 Å². The van der Waals surface area contributed by atoms with Gasteiger partial charge in [0.25, 0.3) is 0 Å². The van der Waals surface area contributed by atoms with E-state index >= 15 is 0 Å². The normalized spacial score (nSPS) is 26.8. The molecule has 2 heterocycles. The summed E-state index contributed by atoms with van der Waals surface area (Å²) in [7, 11) is 1.21. The lowest BCUT2D eigenvalue weighted by molar-refractivity contribution is -0.147. The first-order valence-electron chi connectivity index (χ1n) is 5.42. The molecule has 7 nitrogen and oxygen atoms in total. The molecule has 2 aliphatic rings. The number of carbonyl (C=O) groups is 3. The Kier molecular flexibility index (Phi) is 2.76. The number of carbonyl (C=O) groups excluding carboxylic acids is 2. The average molecular weight is 255 g/mol. The Morgan fingerprint density at radius 3 is 2.67 bits per heavy atom. The Morgan fingerprint density at radius 1 is 1.50 bits per heavy atom. The van der Waals surface area contributed by atoms with E-state index in [1.54, 1.807) is 0 Å². The molecule has 0 saturated carbocycles. The predicted molar refractivity (Wildman–Crippen MR) is 57.8 cm³/mol. The Hall–Kier alpha value is -2.05. The van der Waals surface area contributed by atoms with Crippen LogP contribution in [0.2, 0.25) is 0 Å². The van der Waals surface area contributed by atoms with Crippen molar-refractivity contribution in [2.24, 2.45) is 0 Å². The number of likely N-dealkylation sites (tertiary alicyclic amines) is 1. The molecule has 1 N–H and O–H groups in total. The summed E-state index contributed by atoms with van der Waals surface area (Å²) in [6.45, 7) is 1.67. The number of rotatable bonds is 1. The third kappa shape index (κ3) is 1.62. The fourth-order valence-electron chi connectivity index (χ4n) is 2.42. The fraction of sp³-hybridized carbons (Fsp3) is 0.545. The van der Waals surface area contributed by atoms with Gasteiger partial charge < -0.3 is 19.5 Å². The van der Waals surface area contributed by atoms with Crippen molar-refractivity contribution < 1.29 is 29.0 Å². The van der Waals surface area contributed by atoms with E-state index in [-0.39, 0.29) is 30.7 Å². The van der Waals surface area contributed by atoms with Crippen LogP contribution in [-0.2, 0) is 19.1 Å². The van der Waals surface area contributed by atoms with Crippen LogP contribution in [0.3, 0.4) is 0 Å². The molecule has 2 aliphatic heterocycles. The second kappa shape index (κ2) is 4.01. The Labute approximate surface area is 103 Å². The summed E-state index contributed by atoms with van der Waals surface area (Å²) in [5.41, 5.74) is -0.847. The molecule has 0 aromatic carbocycles. The molecule has 7 heteroatoms. The van der Waals surface area contributed by atoms with Gasteiger partial charge in [-0.25, -0.2) is 14.4 Å². The highest BCUT2D eigenvalue weighted by Crippen LogP contribution is 2.40. The van der Waals surface area contributed by atoms with Gasteiger partial charge in [-0.3, -0.25) is 0 Å². The van der Waals surface area contributed by atoms with Gasteiger partial charge in [0.05, 0.1) is 19.2 Å². The van der Waals surface area contributed by atoms with E-state index in [0.29, 0.717) is 0 Å². The van der Waals surface area contributed by atoms with E-state index in [1.165, 1.54) is 14.0 Å². The summed E-state index contributed by atoms with van der Waals surface area (Å²) in [5, 5.41) is 8.92. The lowest BCUT2D eigenvalue weighted by atomic mass is 9.91. The minimum Gasteiger partial charge on any atom is -0.466 e. The first-order valence-corrected chi connectivity index (χ1v) is 5.42. The number of hydrogen-bond acceptors (Lipinski definition) is 5. The van der Waals surface area contributed by atoms with Crippen LogP contribution >= 0.6 is 0 Å². The molecule has 0 radical (unpaired) electrons. The Bertz CT molecular complexity index is 468. The fourth-order valence-corrected chi connectivity index (χ4v) is 2.42. The van der Waals surface area contributed by atoms with Gasteiger partial charge in [0.2, 0.25) is 0 Å². The number of carboxylic acid groups (broad SMARTS) is 1. The largest absolute Gasteiger partial charge is 0.466 e. The highest BCUT2D eigenvalue weighted by atomic mass is 16.6. The van der Waals surface area contributed by atoms with E-state index in [2.05, 4.69) is 4.74 Å². The molecule has 1 saturated heterocycles. The third-order valence-electron chi connectivity index (χ3n) is 3.32. The summed E-state index contributed by atoms with van der Waals surface area (Å²) in [4.78, 5) is 35.3. The molecular weight excluding hydrogens is 242 g/mol. The summed E-state index contributed by atoms with van der Waals surface area (Å²) < 4.78 is 9.86. The highest BCUT2D eigenvalue weighted by molar-refractivity contribution is 6.05. The maximum Gasteiger partial charge on any atom is 0.407 e. The standard InChI is InChI=1S/C11H13NO6/c1-6-7(9(14)17-2)11(18-8(6)13)3-4-12(5-11)10(15)16/h3-5H2,1-2H3,(H,15,16). The molecule has 0 aromatic rings. The van der Waals surface area contributed by atoms with Gasteiger partial charge in [-0.2, -0.15) is 0 Å². The SMILES string of the molecule is COC(=O)C1=C(C)C(=O)OC12CCN(C(=O)O)C2. The molecule has 1 spiro atoms. The number of esters is 2. The first-order chi connectivity index (χ1) is 8.41. The molecule has 18 heavy (non-hydrogen) atoms. The van der Waals surface area contributed by atoms with Crippen LogP contribution in [0.4, 0.5) is 4.79 Å².